The van der Waals surface area contributed by atoms with Gasteiger partial charge in [0.15, 0.2) is 0 Å². The molecule has 2 amide bonds. The third-order valence-corrected chi connectivity index (χ3v) is 4.23. The van der Waals surface area contributed by atoms with Gasteiger partial charge in [0.2, 0.25) is 5.91 Å². The van der Waals surface area contributed by atoms with Crippen LogP contribution in [0.3, 0.4) is 0 Å². The summed E-state index contributed by atoms with van der Waals surface area (Å²) in [5.41, 5.74) is 3.97. The maximum atomic E-state index is 12.2. The lowest BCUT2D eigenvalue weighted by atomic mass is 10.1. The van der Waals surface area contributed by atoms with Gasteiger partial charge >= 0.3 is 0 Å². The molecule has 1 N–H and O–H groups in total. The van der Waals surface area contributed by atoms with E-state index < -0.39 is 0 Å². The van der Waals surface area contributed by atoms with Crippen molar-refractivity contribution in [2.45, 2.75) is 33.7 Å². The van der Waals surface area contributed by atoms with Crippen molar-refractivity contribution in [2.75, 3.05) is 11.9 Å². The van der Waals surface area contributed by atoms with E-state index in [9.17, 15) is 9.59 Å². The third-order valence-electron chi connectivity index (χ3n) is 4.23. The molecule has 0 saturated carbocycles. The topological polar surface area (TPSA) is 75.2 Å². The average Bonchev–Trinajstić information content (AvgIpc) is 2.78. The maximum absolute atomic E-state index is 12.2. The maximum Gasteiger partial charge on any atom is 0.270 e. The molecule has 0 radical (unpaired) electrons. The second kappa shape index (κ2) is 11.5. The molecule has 1 aromatic carbocycles. The number of amides is 2. The van der Waals surface area contributed by atoms with Gasteiger partial charge in [0, 0.05) is 51.8 Å². The summed E-state index contributed by atoms with van der Waals surface area (Å²) in [7, 11) is 1.73. The molecular formula is C24H30N4O2. The van der Waals surface area contributed by atoms with Crippen molar-refractivity contribution in [3.05, 3.63) is 78.4 Å². The van der Waals surface area contributed by atoms with Crippen molar-refractivity contribution in [2.24, 2.45) is 0 Å². The summed E-state index contributed by atoms with van der Waals surface area (Å²) in [5, 5.41) is 2.83. The van der Waals surface area contributed by atoms with Crippen LogP contribution in [0.25, 0.3) is 11.1 Å². The van der Waals surface area contributed by atoms with Gasteiger partial charge in [-0.05, 0) is 35.4 Å². The van der Waals surface area contributed by atoms with Gasteiger partial charge in [0.1, 0.15) is 5.69 Å². The number of carbonyl (C=O) groups is 2. The zero-order valence-corrected chi connectivity index (χ0v) is 17.9. The molecule has 0 saturated heterocycles. The number of anilines is 1. The SMILES string of the molecule is CC(=O)N(C)c1ccc(-c2ccc(C(=O)NCc3cccnc3)nc2)cc1.CCC.[HH]. The Balaban J connectivity index is 0.00000113. The van der Waals surface area contributed by atoms with E-state index in [1.54, 1.807) is 36.6 Å². The minimum atomic E-state index is -0.233. The van der Waals surface area contributed by atoms with E-state index in [4.69, 9.17) is 0 Å². The molecule has 0 aliphatic rings. The van der Waals surface area contributed by atoms with E-state index >= 15 is 0 Å². The molecule has 0 spiro atoms. The molecule has 0 aliphatic heterocycles. The second-order valence-corrected chi connectivity index (χ2v) is 6.81. The molecule has 0 atom stereocenters. The fourth-order valence-corrected chi connectivity index (χ4v) is 2.53. The largest absolute Gasteiger partial charge is 0.347 e. The highest BCUT2D eigenvalue weighted by atomic mass is 16.2. The number of aromatic nitrogens is 2. The minimum absolute atomic E-state index is 0. The molecule has 2 heterocycles. The van der Waals surface area contributed by atoms with Crippen LogP contribution in [0.4, 0.5) is 5.69 Å². The number of nitrogens with one attached hydrogen (secondary N) is 1. The Morgan fingerprint density at radius 1 is 1.00 bits per heavy atom. The number of carbonyl (C=O) groups excluding carboxylic acids is 2. The first kappa shape index (κ1) is 22.7. The number of pyridine rings is 2. The molecule has 30 heavy (non-hydrogen) atoms. The summed E-state index contributed by atoms with van der Waals surface area (Å²) in [4.78, 5) is 33.5. The van der Waals surface area contributed by atoms with Gasteiger partial charge in [-0.25, -0.2) is 0 Å². The van der Waals surface area contributed by atoms with Gasteiger partial charge in [0.05, 0.1) is 0 Å². The smallest absolute Gasteiger partial charge is 0.270 e. The summed E-state index contributed by atoms with van der Waals surface area (Å²) in [5.74, 6) is -0.255. The van der Waals surface area contributed by atoms with Gasteiger partial charge in [0.25, 0.3) is 5.91 Å². The van der Waals surface area contributed by atoms with Crippen molar-refractivity contribution in [3.8, 4) is 11.1 Å². The highest BCUT2D eigenvalue weighted by Crippen LogP contribution is 2.22. The van der Waals surface area contributed by atoms with E-state index in [0.29, 0.717) is 12.2 Å². The van der Waals surface area contributed by atoms with E-state index in [1.807, 2.05) is 42.5 Å². The molecule has 0 aliphatic carbocycles. The summed E-state index contributed by atoms with van der Waals surface area (Å²) in [6.07, 6.45) is 6.32. The average molecular weight is 407 g/mol. The Morgan fingerprint density at radius 3 is 2.20 bits per heavy atom. The van der Waals surface area contributed by atoms with Crippen LogP contribution in [0.2, 0.25) is 0 Å². The molecule has 0 unspecified atom stereocenters. The standard InChI is InChI=1S/C21H20N4O2.C3H8.H2/c1-15(26)25(2)19-8-5-17(6-9-19)18-7-10-20(23-14-18)21(27)24-13-16-4-3-11-22-12-16;1-3-2;/h3-12,14H,13H2,1-2H3,(H,24,27);3H2,1-2H3;1H. The monoisotopic (exact) mass is 406 g/mol. The molecule has 0 fully saturated rings. The van der Waals surface area contributed by atoms with Crippen molar-refractivity contribution in [1.29, 1.82) is 0 Å². The first-order valence-corrected chi connectivity index (χ1v) is 9.94. The molecular weight excluding hydrogens is 376 g/mol. The Bertz CT molecular complexity index is 946. The molecule has 6 nitrogen and oxygen atoms in total. The van der Waals surface area contributed by atoms with Crippen molar-refractivity contribution in [3.63, 3.8) is 0 Å². The molecule has 3 aromatic rings. The molecule has 158 valence electrons. The fourth-order valence-electron chi connectivity index (χ4n) is 2.53. The normalized spacial score (nSPS) is 9.87. The van der Waals surface area contributed by atoms with Crippen molar-refractivity contribution in [1.82, 2.24) is 15.3 Å². The van der Waals surface area contributed by atoms with Crippen LogP contribution in [0, 0.1) is 0 Å². The molecule has 0 bridgehead atoms. The van der Waals surface area contributed by atoms with Crippen LogP contribution in [0.1, 0.15) is 44.7 Å². The minimum Gasteiger partial charge on any atom is -0.347 e. The third kappa shape index (κ3) is 6.51. The number of rotatable bonds is 5. The number of hydrogen-bond acceptors (Lipinski definition) is 4. The number of hydrogen-bond donors (Lipinski definition) is 1. The predicted molar refractivity (Wildman–Crippen MR) is 122 cm³/mol. The van der Waals surface area contributed by atoms with Gasteiger partial charge < -0.3 is 10.2 Å². The molecule has 3 rings (SSSR count). The van der Waals surface area contributed by atoms with Gasteiger partial charge in [-0.1, -0.05) is 44.5 Å². The first-order valence-electron chi connectivity index (χ1n) is 9.94. The lowest BCUT2D eigenvalue weighted by Gasteiger charge is -2.15. The van der Waals surface area contributed by atoms with E-state index in [-0.39, 0.29) is 13.2 Å². The molecule has 2 aromatic heterocycles. The Morgan fingerprint density at radius 2 is 1.67 bits per heavy atom. The van der Waals surface area contributed by atoms with Crippen LogP contribution in [0.5, 0.6) is 0 Å². The molecule has 6 heteroatoms. The Hall–Kier alpha value is -3.54. The lowest BCUT2D eigenvalue weighted by molar-refractivity contribution is -0.116. The van der Waals surface area contributed by atoms with Crippen LogP contribution >= 0.6 is 0 Å². The van der Waals surface area contributed by atoms with Crippen LogP contribution in [-0.4, -0.2) is 28.8 Å². The van der Waals surface area contributed by atoms with Crippen molar-refractivity contribution < 1.29 is 11.0 Å². The van der Waals surface area contributed by atoms with E-state index in [0.717, 1.165) is 22.4 Å². The first-order chi connectivity index (χ1) is 14.5. The second-order valence-electron chi connectivity index (χ2n) is 6.81. The van der Waals surface area contributed by atoms with Gasteiger partial charge in [-0.3, -0.25) is 19.6 Å². The quantitative estimate of drug-likeness (QED) is 0.665. The van der Waals surface area contributed by atoms with E-state index in [1.165, 1.54) is 13.3 Å². The lowest BCUT2D eigenvalue weighted by Crippen LogP contribution is -2.23. The highest BCUT2D eigenvalue weighted by Gasteiger charge is 2.09. The Labute approximate surface area is 179 Å². The summed E-state index contributed by atoms with van der Waals surface area (Å²) < 4.78 is 0. The summed E-state index contributed by atoms with van der Waals surface area (Å²) in [6, 6.07) is 14.9. The van der Waals surface area contributed by atoms with Crippen LogP contribution in [0.15, 0.2) is 67.1 Å². The zero-order chi connectivity index (χ0) is 21.9. The van der Waals surface area contributed by atoms with E-state index in [2.05, 4.69) is 29.1 Å². The summed E-state index contributed by atoms with van der Waals surface area (Å²) in [6.45, 7) is 6.18. The number of nitrogens with zero attached hydrogens (tertiary/aromatic N) is 3. The predicted octanol–water partition coefficient (Wildman–Crippen LogP) is 4.72. The van der Waals surface area contributed by atoms with Gasteiger partial charge in [-0.15, -0.1) is 0 Å². The number of benzene rings is 1. The van der Waals surface area contributed by atoms with Crippen molar-refractivity contribution >= 4 is 17.5 Å². The Kier molecular flexibility index (Phi) is 8.69. The fraction of sp³-hybridized carbons (Fsp3) is 0.250. The van der Waals surface area contributed by atoms with Gasteiger partial charge in [-0.2, -0.15) is 0 Å². The van der Waals surface area contributed by atoms with Crippen LogP contribution in [-0.2, 0) is 11.3 Å². The zero-order valence-electron chi connectivity index (χ0n) is 17.9. The van der Waals surface area contributed by atoms with Crippen LogP contribution < -0.4 is 10.2 Å². The highest BCUT2D eigenvalue weighted by molar-refractivity contribution is 5.93. The summed E-state index contributed by atoms with van der Waals surface area (Å²) >= 11 is 0.